The predicted molar refractivity (Wildman–Crippen MR) is 431 cm³/mol. The summed E-state index contributed by atoms with van der Waals surface area (Å²) in [5.41, 5.74) is 5.80. The molecule has 0 aliphatic rings. The lowest BCUT2D eigenvalue weighted by Crippen LogP contribution is -2.14. The minimum atomic E-state index is -4.07. The van der Waals surface area contributed by atoms with Gasteiger partial charge < -0.3 is 73.0 Å². The van der Waals surface area contributed by atoms with Crippen LogP contribution in [0.3, 0.4) is 0 Å². The number of methoxy groups -OCH3 is 3. The Morgan fingerprint density at radius 1 is 0.374 bits per heavy atom. The van der Waals surface area contributed by atoms with Crippen LogP contribution in [0.5, 0.6) is 17.2 Å². The first-order valence-electron chi connectivity index (χ1n) is 35.2. The van der Waals surface area contributed by atoms with Crippen molar-refractivity contribution in [2.45, 2.75) is 170 Å². The lowest BCUT2D eigenvalue weighted by atomic mass is 10.0. The molecule has 35 heteroatoms. The van der Waals surface area contributed by atoms with Crippen molar-refractivity contribution in [3.8, 4) is 17.2 Å². The molecule has 3 atom stereocenters. The summed E-state index contributed by atoms with van der Waals surface area (Å²) in [6, 6.07) is 20.5. The van der Waals surface area contributed by atoms with Crippen molar-refractivity contribution >= 4 is 90.1 Å². The van der Waals surface area contributed by atoms with Gasteiger partial charge in [-0.2, -0.15) is 0 Å². The quantitative estimate of drug-likeness (QED) is 0.0226. The summed E-state index contributed by atoms with van der Waals surface area (Å²) in [7, 11) is -25.3. The number of rotatable bonds is 42. The molecule has 0 saturated carbocycles. The molecule has 4 aromatic rings. The van der Waals surface area contributed by atoms with E-state index < -0.39 is 89.4 Å². The summed E-state index contributed by atoms with van der Waals surface area (Å²) < 4.78 is 195. The zero-order chi connectivity index (χ0) is 82.1. The van der Waals surface area contributed by atoms with Crippen molar-refractivity contribution in [1.82, 2.24) is 0 Å². The molecule has 27 nitrogen and oxygen atoms in total. The number of nitrogens with zero attached hydrogens (tertiary/aromatic N) is 1. The molecule has 0 radical (unpaired) electrons. The van der Waals surface area contributed by atoms with E-state index in [-0.39, 0.29) is 90.9 Å². The number of benzene rings is 4. The van der Waals surface area contributed by atoms with Crippen LogP contribution in [0.2, 0.25) is 0 Å². The first-order valence-corrected chi connectivity index (χ1v) is 49.1. The van der Waals surface area contributed by atoms with E-state index in [1.165, 1.54) is 50.3 Å². The molecule has 4 rings (SSSR count). The van der Waals surface area contributed by atoms with Crippen LogP contribution in [0, 0.1) is 37.8 Å². The number of hydrogen-bond acceptors (Lipinski definition) is 26. The number of hydrogen-bond donors (Lipinski definition) is 0. The SMILES string of the molecule is CCOP(C)(=O)/C(=C\c1cc(C)cc(OC)c1)P(=O)(OCC)OCC.CCOP(C)(=O)/C(=C\c1cc(OC)cc(C)c1C)P(=O)(OCC)OCC.CCOP(C)(=O)/C(=C\c1ccccc1[N+](=O)[O-])P(=O)(OCC)OCC.COc1cc(C)cc(C=C(P(=O)(OC(C)C)OC(C)C)P(=O)(OC(C)C)OC(C)C)c1. The monoisotopic (exact) mass is 1660 g/mol. The number of nitro groups is 1. The van der Waals surface area contributed by atoms with E-state index in [2.05, 4.69) is 0 Å². The maximum Gasteiger partial charge on any atom is 0.370 e. The molecule has 4 aromatic carbocycles. The van der Waals surface area contributed by atoms with Crippen molar-refractivity contribution in [3.05, 3.63) is 148 Å². The summed E-state index contributed by atoms with van der Waals surface area (Å²) in [6.07, 6.45) is 4.11. The van der Waals surface area contributed by atoms with Gasteiger partial charge in [0.05, 0.1) is 116 Å². The topological polar surface area (TPSA) is 327 Å². The van der Waals surface area contributed by atoms with Crippen LogP contribution in [-0.4, -0.2) is 130 Å². The van der Waals surface area contributed by atoms with Crippen LogP contribution < -0.4 is 14.2 Å². The Morgan fingerprint density at radius 2 is 0.654 bits per heavy atom. The summed E-state index contributed by atoms with van der Waals surface area (Å²) in [4.78, 5) is 10.7. The fraction of sp³-hybridized carbons (Fsp3) is 0.556. The summed E-state index contributed by atoms with van der Waals surface area (Å²) in [5, 5.41) is 11.0. The molecular weight excluding hydrogens is 1540 g/mol. The molecule has 0 aromatic heterocycles. The van der Waals surface area contributed by atoms with Gasteiger partial charge in [-0.15, -0.1) is 0 Å². The van der Waals surface area contributed by atoms with Gasteiger partial charge in [0.1, 0.15) is 32.4 Å². The Morgan fingerprint density at radius 3 is 0.944 bits per heavy atom. The molecular formula is C72H119NO26P8. The van der Waals surface area contributed by atoms with Crippen LogP contribution in [0.15, 0.2) is 93.0 Å². The fourth-order valence-electron chi connectivity index (χ4n) is 9.83. The van der Waals surface area contributed by atoms with Gasteiger partial charge in [0, 0.05) is 26.1 Å². The maximum absolute atomic E-state index is 14.1. The molecule has 608 valence electrons. The second kappa shape index (κ2) is 47.5. The number of para-hydroxylation sites is 1. The van der Waals surface area contributed by atoms with Crippen LogP contribution in [-0.2, 0) is 95.3 Å². The van der Waals surface area contributed by atoms with Crippen molar-refractivity contribution < 1.29 is 114 Å². The van der Waals surface area contributed by atoms with Gasteiger partial charge in [0.25, 0.3) is 5.69 Å². The molecule has 0 bridgehead atoms. The van der Waals surface area contributed by atoms with Crippen molar-refractivity contribution in [2.24, 2.45) is 0 Å². The van der Waals surface area contributed by atoms with E-state index in [4.69, 9.17) is 73.0 Å². The normalized spacial score (nSPS) is 14.4. The smallest absolute Gasteiger partial charge is 0.370 e. The van der Waals surface area contributed by atoms with E-state index in [1.54, 1.807) is 175 Å². The van der Waals surface area contributed by atoms with Gasteiger partial charge in [-0.3, -0.25) is 46.6 Å². The standard InChI is InChI=1S/C22H38O7P2.C18H30O6P2.C17H28O6P2.C15H23NO7P2/c1-15(2)26-30(23,27-16(3)4)22(31(24,28-17(5)6)29-18(7)8)14-20-11-19(9)12-21(13-20)25-10;1-8-22-25(7,19)18(26(20,23-9-2)24-10-3)13-16-12-17(21-6)11-14(4)15(16)5;1-7-21-24(6,18)17(25(19,22-8-2)23-9-3)13-15-10-14(4)11-16(12-15)20-5;1-5-21-24(4,19)15(25(20,22-6-2)23-7-3)12-13-10-8-9-11-14(13)16(17)18/h11-18H,1-10H3;11-13H,8-10H2,1-7H3;10-13H,7-9H2,1-6H3;8-12H,5-7H2,1-4H3/b;18-13+;17-13+;15-12+. The van der Waals surface area contributed by atoms with Gasteiger partial charge in [-0.1, -0.05) is 24.3 Å². The third-order valence-corrected chi connectivity index (χ3v) is 35.7. The van der Waals surface area contributed by atoms with Gasteiger partial charge in [-0.25, -0.2) is 0 Å². The average molecular weight is 1660 g/mol. The minimum Gasteiger partial charge on any atom is -0.497 e. The van der Waals surface area contributed by atoms with E-state index in [9.17, 15) is 46.6 Å². The maximum atomic E-state index is 14.1. The second-order valence-electron chi connectivity index (χ2n) is 24.5. The van der Waals surface area contributed by atoms with Gasteiger partial charge in [0.15, 0.2) is 5.06 Å². The summed E-state index contributed by atoms with van der Waals surface area (Å²) >= 11 is 0. The van der Waals surface area contributed by atoms with Gasteiger partial charge in [0.2, 0.25) is 22.1 Å². The van der Waals surface area contributed by atoms with Crippen molar-refractivity contribution in [1.29, 1.82) is 0 Å². The minimum absolute atomic E-state index is 0.0532. The van der Waals surface area contributed by atoms with Crippen LogP contribution in [0.4, 0.5) is 5.69 Å². The second-order valence-corrected chi connectivity index (χ2v) is 42.9. The number of aryl methyl sites for hydroxylation is 3. The molecule has 3 unspecified atom stereocenters. The highest BCUT2D eigenvalue weighted by Crippen LogP contribution is 2.77. The number of nitro benzene ring substituents is 1. The van der Waals surface area contributed by atoms with Crippen LogP contribution >= 0.6 is 60.1 Å². The Kier molecular flexibility index (Phi) is 44.8. The van der Waals surface area contributed by atoms with E-state index >= 15 is 0 Å². The van der Waals surface area contributed by atoms with Gasteiger partial charge >= 0.3 is 38.0 Å². The van der Waals surface area contributed by atoms with Gasteiger partial charge in [-0.05, 0) is 251 Å². The lowest BCUT2D eigenvalue weighted by Gasteiger charge is -2.30. The average Bonchev–Trinajstić information content (AvgIpc) is 0.551. The fourth-order valence-corrected chi connectivity index (χ4v) is 28.8. The van der Waals surface area contributed by atoms with Crippen LogP contribution in [0.25, 0.3) is 24.3 Å². The predicted octanol–water partition coefficient (Wildman–Crippen LogP) is 23.8. The third-order valence-electron chi connectivity index (χ3n) is 13.8. The van der Waals surface area contributed by atoms with E-state index in [0.717, 1.165) is 27.8 Å². The largest absolute Gasteiger partial charge is 0.497 e. The van der Waals surface area contributed by atoms with E-state index in [0.29, 0.717) is 28.4 Å². The highest BCUT2D eigenvalue weighted by atomic mass is 31.2. The summed E-state index contributed by atoms with van der Waals surface area (Å²) in [5.74, 6) is 1.92. The summed E-state index contributed by atoms with van der Waals surface area (Å²) in [6.45, 7) is 42.3. The Bertz CT molecular complexity index is 3940. The molecule has 0 aliphatic heterocycles. The zero-order valence-electron chi connectivity index (χ0n) is 67.6. The van der Waals surface area contributed by atoms with Crippen molar-refractivity contribution in [2.75, 3.05) is 101 Å². The molecule has 0 spiro atoms. The Labute approximate surface area is 636 Å². The lowest BCUT2D eigenvalue weighted by molar-refractivity contribution is -0.385. The number of ether oxygens (including phenoxy) is 3. The third kappa shape index (κ3) is 32.5. The molecule has 0 aliphatic carbocycles. The van der Waals surface area contributed by atoms with Crippen molar-refractivity contribution in [3.63, 3.8) is 0 Å². The first kappa shape index (κ1) is 101. The van der Waals surface area contributed by atoms with Crippen LogP contribution in [0.1, 0.15) is 162 Å². The molecule has 0 heterocycles. The highest BCUT2D eigenvalue weighted by Gasteiger charge is 2.49. The first-order chi connectivity index (χ1) is 49.8. The molecule has 0 saturated heterocycles. The Hall–Kier alpha value is -4.04. The molecule has 107 heavy (non-hydrogen) atoms. The highest BCUT2D eigenvalue weighted by molar-refractivity contribution is 7.82. The van der Waals surface area contributed by atoms with E-state index in [1.807, 2.05) is 58.0 Å². The Balaban J connectivity index is 0.000000716. The molecule has 0 fully saturated rings. The molecule has 0 amide bonds. The molecule has 0 N–H and O–H groups in total. The zero-order valence-corrected chi connectivity index (χ0v) is 74.7.